The quantitative estimate of drug-likeness (QED) is 0.242. The number of ether oxygens (including phenoxy) is 1. The van der Waals surface area contributed by atoms with Crippen molar-refractivity contribution in [3.63, 3.8) is 0 Å². The van der Waals surface area contributed by atoms with Crippen molar-refractivity contribution in [2.45, 2.75) is 97.8 Å². The number of unbranched alkanes of at least 4 members (excludes halogenated alkanes) is 2. The Morgan fingerprint density at radius 3 is 1.92 bits per heavy atom. The molecule has 4 rings (SSSR count). The molecular formula is C35H46F2O. The van der Waals surface area contributed by atoms with Crippen LogP contribution in [0.1, 0.15) is 101 Å². The third-order valence-corrected chi connectivity index (χ3v) is 7.77. The van der Waals surface area contributed by atoms with Crippen LogP contribution in [0.15, 0.2) is 60.7 Å². The number of hydrogen-bond acceptors (Lipinski definition) is 1. The average Bonchev–Trinajstić information content (AvgIpc) is 2.94. The van der Waals surface area contributed by atoms with E-state index in [1.165, 1.54) is 60.8 Å². The molecule has 1 fully saturated rings. The van der Waals surface area contributed by atoms with E-state index < -0.39 is 11.6 Å². The van der Waals surface area contributed by atoms with Gasteiger partial charge in [0.25, 0.3) is 0 Å². The third kappa shape index (κ3) is 8.68. The van der Waals surface area contributed by atoms with E-state index in [0.29, 0.717) is 12.2 Å². The Morgan fingerprint density at radius 1 is 0.711 bits per heavy atom. The van der Waals surface area contributed by atoms with Crippen LogP contribution in [0.25, 0.3) is 11.1 Å². The third-order valence-electron chi connectivity index (χ3n) is 7.77. The molecule has 0 heterocycles. The van der Waals surface area contributed by atoms with Crippen LogP contribution < -0.4 is 4.74 Å². The lowest BCUT2D eigenvalue weighted by atomic mass is 9.77. The lowest BCUT2D eigenvalue weighted by Gasteiger charge is -2.29. The summed E-state index contributed by atoms with van der Waals surface area (Å²) in [6.45, 7) is 8.69. The SMILES string of the molecule is CCCC1CCC(c2ccc(OCC)c(F)c2F)CC1.CCCCCc1ccc(-c2ccc(C)cc2)cc1. The first-order chi connectivity index (χ1) is 18.5. The van der Waals surface area contributed by atoms with E-state index in [9.17, 15) is 8.78 Å². The first-order valence-corrected chi connectivity index (χ1v) is 14.7. The van der Waals surface area contributed by atoms with Gasteiger partial charge < -0.3 is 4.74 Å². The van der Waals surface area contributed by atoms with E-state index in [2.05, 4.69) is 69.3 Å². The largest absolute Gasteiger partial charge is 0.491 e. The predicted octanol–water partition coefficient (Wildman–Crippen LogP) is 10.8. The van der Waals surface area contributed by atoms with Gasteiger partial charge in [-0.2, -0.15) is 4.39 Å². The summed E-state index contributed by atoms with van der Waals surface area (Å²) in [4.78, 5) is 0. The van der Waals surface area contributed by atoms with Crippen molar-refractivity contribution in [1.29, 1.82) is 0 Å². The van der Waals surface area contributed by atoms with Gasteiger partial charge in [0, 0.05) is 0 Å². The van der Waals surface area contributed by atoms with Crippen LogP contribution in [-0.4, -0.2) is 6.61 Å². The molecule has 0 unspecified atom stereocenters. The van der Waals surface area contributed by atoms with Gasteiger partial charge in [-0.3, -0.25) is 0 Å². The molecule has 0 saturated heterocycles. The van der Waals surface area contributed by atoms with Crippen molar-refractivity contribution in [1.82, 2.24) is 0 Å². The van der Waals surface area contributed by atoms with Gasteiger partial charge in [0.15, 0.2) is 11.6 Å². The van der Waals surface area contributed by atoms with E-state index in [1.807, 2.05) is 0 Å². The van der Waals surface area contributed by atoms with Crippen LogP contribution in [0, 0.1) is 24.5 Å². The number of benzene rings is 3. The number of hydrogen-bond donors (Lipinski definition) is 0. The fraction of sp³-hybridized carbons (Fsp3) is 0.486. The average molecular weight is 521 g/mol. The van der Waals surface area contributed by atoms with E-state index in [1.54, 1.807) is 19.1 Å². The minimum Gasteiger partial charge on any atom is -0.491 e. The molecule has 0 radical (unpaired) electrons. The summed E-state index contributed by atoms with van der Waals surface area (Å²) in [6.07, 6.45) is 11.8. The fourth-order valence-corrected chi connectivity index (χ4v) is 5.49. The molecule has 1 saturated carbocycles. The number of rotatable bonds is 10. The zero-order valence-electron chi connectivity index (χ0n) is 23.9. The van der Waals surface area contributed by atoms with Crippen molar-refractivity contribution in [2.24, 2.45) is 5.92 Å². The second-order valence-corrected chi connectivity index (χ2v) is 10.7. The highest BCUT2D eigenvalue weighted by Gasteiger charge is 2.26. The number of aryl methyl sites for hydroxylation is 2. The van der Waals surface area contributed by atoms with E-state index >= 15 is 0 Å². The van der Waals surface area contributed by atoms with Gasteiger partial charge in [0.2, 0.25) is 5.82 Å². The van der Waals surface area contributed by atoms with Crippen molar-refractivity contribution < 1.29 is 13.5 Å². The van der Waals surface area contributed by atoms with Gasteiger partial charge in [-0.25, -0.2) is 4.39 Å². The molecule has 0 aromatic heterocycles. The minimum absolute atomic E-state index is 0.0217. The molecule has 1 aliphatic carbocycles. The molecule has 0 amide bonds. The van der Waals surface area contributed by atoms with Gasteiger partial charge in [-0.1, -0.05) is 99.7 Å². The van der Waals surface area contributed by atoms with Crippen LogP contribution in [0.4, 0.5) is 8.78 Å². The summed E-state index contributed by atoms with van der Waals surface area (Å²) in [5.41, 5.74) is 5.92. The highest BCUT2D eigenvalue weighted by Crippen LogP contribution is 2.39. The second kappa shape index (κ2) is 15.7. The molecular weight excluding hydrogens is 474 g/mol. The standard InChI is InChI=1S/C18H22.C17H24F2O/c1-3-4-5-6-16-9-13-18(14-10-16)17-11-7-15(2)8-12-17;1-3-5-12-6-8-13(9-7-12)14-10-11-15(20-4-2)17(19)16(14)18/h7-14H,3-6H2,1-2H3;10-13H,3-9H2,1-2H3. The Morgan fingerprint density at radius 2 is 1.34 bits per heavy atom. The molecule has 206 valence electrons. The Labute approximate surface area is 229 Å². The topological polar surface area (TPSA) is 9.23 Å². The second-order valence-electron chi connectivity index (χ2n) is 10.7. The summed E-state index contributed by atoms with van der Waals surface area (Å²) in [6, 6.07) is 21.0. The van der Waals surface area contributed by atoms with Crippen LogP contribution >= 0.6 is 0 Å². The van der Waals surface area contributed by atoms with Crippen LogP contribution in [-0.2, 0) is 6.42 Å². The van der Waals surface area contributed by atoms with Crippen LogP contribution in [0.5, 0.6) is 5.75 Å². The normalized spacial score (nSPS) is 17.0. The molecule has 1 aliphatic rings. The lowest BCUT2D eigenvalue weighted by Crippen LogP contribution is -2.15. The summed E-state index contributed by atoms with van der Waals surface area (Å²) < 4.78 is 33.2. The molecule has 3 heteroatoms. The molecule has 3 aromatic carbocycles. The summed E-state index contributed by atoms with van der Waals surface area (Å²) in [5.74, 6) is -0.594. The first-order valence-electron chi connectivity index (χ1n) is 14.7. The molecule has 1 nitrogen and oxygen atoms in total. The predicted molar refractivity (Wildman–Crippen MR) is 157 cm³/mol. The van der Waals surface area contributed by atoms with Crippen molar-refractivity contribution in [3.8, 4) is 16.9 Å². The van der Waals surface area contributed by atoms with E-state index in [0.717, 1.165) is 31.6 Å². The molecule has 38 heavy (non-hydrogen) atoms. The Kier molecular flexibility index (Phi) is 12.3. The van der Waals surface area contributed by atoms with Gasteiger partial charge in [-0.05, 0) is 92.5 Å². The van der Waals surface area contributed by atoms with Crippen LogP contribution in [0.3, 0.4) is 0 Å². The van der Waals surface area contributed by atoms with Crippen molar-refractivity contribution >= 4 is 0 Å². The lowest BCUT2D eigenvalue weighted by molar-refractivity contribution is 0.295. The fourth-order valence-electron chi connectivity index (χ4n) is 5.49. The first kappa shape index (κ1) is 29.9. The van der Waals surface area contributed by atoms with Crippen molar-refractivity contribution in [2.75, 3.05) is 6.61 Å². The molecule has 3 aromatic rings. The highest BCUT2D eigenvalue weighted by molar-refractivity contribution is 5.63. The smallest absolute Gasteiger partial charge is 0.200 e. The highest BCUT2D eigenvalue weighted by atomic mass is 19.2. The maximum Gasteiger partial charge on any atom is 0.200 e. The van der Waals surface area contributed by atoms with E-state index in [-0.39, 0.29) is 11.7 Å². The van der Waals surface area contributed by atoms with Gasteiger partial charge in [0.1, 0.15) is 0 Å². The Balaban J connectivity index is 0.000000212. The van der Waals surface area contributed by atoms with Gasteiger partial charge in [0.05, 0.1) is 6.61 Å². The molecule has 0 aliphatic heterocycles. The molecule has 0 bridgehead atoms. The molecule has 0 spiro atoms. The maximum atomic E-state index is 14.2. The Bertz CT molecular complexity index is 1080. The zero-order valence-corrected chi connectivity index (χ0v) is 23.9. The summed E-state index contributed by atoms with van der Waals surface area (Å²) >= 11 is 0. The molecule has 0 N–H and O–H groups in total. The van der Waals surface area contributed by atoms with Crippen LogP contribution in [0.2, 0.25) is 0 Å². The Hall–Kier alpha value is -2.68. The van der Waals surface area contributed by atoms with Gasteiger partial charge in [-0.15, -0.1) is 0 Å². The van der Waals surface area contributed by atoms with Gasteiger partial charge >= 0.3 is 0 Å². The number of halogens is 2. The van der Waals surface area contributed by atoms with E-state index in [4.69, 9.17) is 4.74 Å². The summed E-state index contributed by atoms with van der Waals surface area (Å²) in [7, 11) is 0. The zero-order chi connectivity index (χ0) is 27.3. The minimum atomic E-state index is -0.833. The molecule has 0 atom stereocenters. The summed E-state index contributed by atoms with van der Waals surface area (Å²) in [5, 5.41) is 0. The monoisotopic (exact) mass is 520 g/mol. The van der Waals surface area contributed by atoms with Crippen molar-refractivity contribution in [3.05, 3.63) is 89.0 Å². The maximum absolute atomic E-state index is 14.2.